The molecular weight excluding hydrogens is 344 g/mol. The fourth-order valence-electron chi connectivity index (χ4n) is 3.81. The quantitative estimate of drug-likeness (QED) is 0.515. The van der Waals surface area contributed by atoms with Crippen LogP contribution in [0.5, 0.6) is 5.88 Å². The molecule has 8 nitrogen and oxygen atoms in total. The number of rotatable bonds is 4. The van der Waals surface area contributed by atoms with E-state index in [1.165, 1.54) is 0 Å². The number of pyridine rings is 1. The minimum Gasteiger partial charge on any atom is -0.480 e. The van der Waals surface area contributed by atoms with E-state index < -0.39 is 5.60 Å². The molecule has 0 bridgehead atoms. The molecule has 4 aromatic heterocycles. The minimum absolute atomic E-state index is 0.167. The Morgan fingerprint density at radius 2 is 2.19 bits per heavy atom. The molecule has 8 heteroatoms. The van der Waals surface area contributed by atoms with Gasteiger partial charge in [-0.25, -0.2) is 4.98 Å². The van der Waals surface area contributed by atoms with E-state index in [9.17, 15) is 5.11 Å². The van der Waals surface area contributed by atoms with Crippen LogP contribution in [0.2, 0.25) is 0 Å². The first-order valence-corrected chi connectivity index (χ1v) is 8.87. The van der Waals surface area contributed by atoms with Crippen LogP contribution in [0.1, 0.15) is 19.8 Å². The van der Waals surface area contributed by atoms with Gasteiger partial charge < -0.3 is 24.5 Å². The predicted molar refractivity (Wildman–Crippen MR) is 102 cm³/mol. The standard InChI is InChI=1S/C19H20N6O2/c1-19(26)7-12(8-19)22-18-23-16-15(17(24-18)27-2)13(9-21-16)11-3-4-14-20-5-6-25(14)10-11/h3-6,9-10,12,26H,7-8H2,1-2H3,(H2,21,22,23,24)/t12-,19+. The van der Waals surface area contributed by atoms with Gasteiger partial charge in [0.05, 0.1) is 18.1 Å². The van der Waals surface area contributed by atoms with Gasteiger partial charge in [0, 0.05) is 42.0 Å². The molecule has 0 aliphatic heterocycles. The van der Waals surface area contributed by atoms with Gasteiger partial charge in [0.1, 0.15) is 11.3 Å². The van der Waals surface area contributed by atoms with Crippen LogP contribution in [0, 0.1) is 0 Å². The lowest BCUT2D eigenvalue weighted by Crippen LogP contribution is -2.48. The third kappa shape index (κ3) is 2.69. The van der Waals surface area contributed by atoms with E-state index in [2.05, 4.69) is 25.3 Å². The maximum absolute atomic E-state index is 9.91. The highest BCUT2D eigenvalue weighted by molar-refractivity contribution is 5.97. The van der Waals surface area contributed by atoms with E-state index in [0.29, 0.717) is 30.3 Å². The van der Waals surface area contributed by atoms with Gasteiger partial charge >= 0.3 is 0 Å². The van der Waals surface area contributed by atoms with E-state index in [4.69, 9.17) is 4.74 Å². The average Bonchev–Trinajstić information content (AvgIpc) is 3.25. The van der Waals surface area contributed by atoms with Crippen LogP contribution in [-0.2, 0) is 0 Å². The summed E-state index contributed by atoms with van der Waals surface area (Å²) in [5, 5.41) is 14.0. The van der Waals surface area contributed by atoms with E-state index in [0.717, 1.165) is 22.2 Å². The van der Waals surface area contributed by atoms with Gasteiger partial charge in [0.15, 0.2) is 0 Å². The van der Waals surface area contributed by atoms with Gasteiger partial charge in [-0.05, 0) is 31.9 Å². The Morgan fingerprint density at radius 3 is 2.96 bits per heavy atom. The Bertz CT molecular complexity index is 1140. The summed E-state index contributed by atoms with van der Waals surface area (Å²) < 4.78 is 7.53. The highest BCUT2D eigenvalue weighted by atomic mass is 16.5. The molecule has 138 valence electrons. The Kier molecular flexibility index (Phi) is 3.38. The van der Waals surface area contributed by atoms with Gasteiger partial charge in [-0.3, -0.25) is 0 Å². The lowest BCUT2D eigenvalue weighted by molar-refractivity contribution is -0.0236. The Morgan fingerprint density at radius 1 is 1.33 bits per heavy atom. The molecule has 1 saturated carbocycles. The first-order chi connectivity index (χ1) is 13.0. The molecule has 0 unspecified atom stereocenters. The number of aromatic amines is 1. The van der Waals surface area contributed by atoms with Crippen LogP contribution in [0.25, 0.3) is 27.8 Å². The van der Waals surface area contributed by atoms with Crippen molar-refractivity contribution < 1.29 is 9.84 Å². The van der Waals surface area contributed by atoms with Crippen molar-refractivity contribution >= 4 is 22.6 Å². The minimum atomic E-state index is -0.600. The van der Waals surface area contributed by atoms with Crippen molar-refractivity contribution in [2.45, 2.75) is 31.4 Å². The summed E-state index contributed by atoms with van der Waals surface area (Å²) in [6.45, 7) is 1.84. The summed E-state index contributed by atoms with van der Waals surface area (Å²) in [5.41, 5.74) is 2.98. The van der Waals surface area contributed by atoms with Crippen molar-refractivity contribution in [2.24, 2.45) is 0 Å². The lowest BCUT2D eigenvalue weighted by Gasteiger charge is -2.41. The number of anilines is 1. The van der Waals surface area contributed by atoms with Crippen molar-refractivity contribution in [1.29, 1.82) is 0 Å². The number of nitrogens with one attached hydrogen (secondary N) is 2. The van der Waals surface area contributed by atoms with Crippen molar-refractivity contribution in [3.63, 3.8) is 0 Å². The molecule has 1 fully saturated rings. The number of imidazole rings is 1. The molecular formula is C19H20N6O2. The van der Waals surface area contributed by atoms with Gasteiger partial charge in [-0.15, -0.1) is 0 Å². The van der Waals surface area contributed by atoms with Gasteiger partial charge in [-0.2, -0.15) is 9.97 Å². The van der Waals surface area contributed by atoms with Crippen LogP contribution in [-0.4, -0.2) is 48.2 Å². The van der Waals surface area contributed by atoms with E-state index in [-0.39, 0.29) is 6.04 Å². The number of methoxy groups -OCH3 is 1. The molecule has 0 atom stereocenters. The van der Waals surface area contributed by atoms with Gasteiger partial charge in [-0.1, -0.05) is 0 Å². The van der Waals surface area contributed by atoms with E-state index in [1.54, 1.807) is 13.3 Å². The second kappa shape index (κ2) is 5.68. The zero-order valence-corrected chi connectivity index (χ0v) is 15.1. The number of ether oxygens (including phenoxy) is 1. The number of fused-ring (bicyclic) bond motifs is 2. The first-order valence-electron chi connectivity index (χ1n) is 8.87. The molecule has 27 heavy (non-hydrogen) atoms. The Balaban J connectivity index is 1.55. The molecule has 0 spiro atoms. The summed E-state index contributed by atoms with van der Waals surface area (Å²) in [5.74, 6) is 1.01. The molecule has 0 radical (unpaired) electrons. The molecule has 3 N–H and O–H groups in total. The molecule has 4 heterocycles. The van der Waals surface area contributed by atoms with Crippen LogP contribution in [0.15, 0.2) is 36.9 Å². The molecule has 1 aliphatic rings. The summed E-state index contributed by atoms with van der Waals surface area (Å²) in [4.78, 5) is 16.6. The van der Waals surface area contributed by atoms with E-state index >= 15 is 0 Å². The SMILES string of the molecule is COc1nc(N[C@H]2C[C@@](C)(O)C2)nc2[nH]cc(-c3ccc4nccn4c3)c12. The fraction of sp³-hybridized carbons (Fsp3) is 0.316. The van der Waals surface area contributed by atoms with Crippen molar-refractivity contribution in [1.82, 2.24) is 24.3 Å². The highest BCUT2D eigenvalue weighted by Crippen LogP contribution is 2.36. The topological polar surface area (TPSA) is 100 Å². The molecule has 0 aromatic carbocycles. The fourth-order valence-corrected chi connectivity index (χ4v) is 3.81. The van der Waals surface area contributed by atoms with Gasteiger partial charge in [0.2, 0.25) is 11.8 Å². The zero-order valence-electron chi connectivity index (χ0n) is 15.1. The number of hydrogen-bond donors (Lipinski definition) is 3. The van der Waals surface area contributed by atoms with Crippen molar-refractivity contribution in [3.8, 4) is 17.0 Å². The molecule has 0 amide bonds. The zero-order chi connectivity index (χ0) is 18.6. The average molecular weight is 364 g/mol. The number of aromatic nitrogens is 5. The lowest BCUT2D eigenvalue weighted by atomic mass is 9.77. The predicted octanol–water partition coefficient (Wildman–Crippen LogP) is 2.61. The van der Waals surface area contributed by atoms with E-state index in [1.807, 2.05) is 42.0 Å². The number of aliphatic hydroxyl groups is 1. The molecule has 5 rings (SSSR count). The monoisotopic (exact) mass is 364 g/mol. The van der Waals surface area contributed by atoms with Crippen molar-refractivity contribution in [3.05, 3.63) is 36.9 Å². The number of hydrogen-bond acceptors (Lipinski definition) is 6. The first kappa shape index (κ1) is 16.1. The second-order valence-electron chi connectivity index (χ2n) is 7.34. The smallest absolute Gasteiger partial charge is 0.228 e. The van der Waals surface area contributed by atoms with Crippen LogP contribution >= 0.6 is 0 Å². The Labute approximate surface area is 155 Å². The molecule has 0 saturated heterocycles. The summed E-state index contributed by atoms with van der Waals surface area (Å²) in [6.07, 6.45) is 8.98. The van der Waals surface area contributed by atoms with Crippen LogP contribution < -0.4 is 10.1 Å². The normalized spacial score (nSPS) is 22.1. The number of nitrogens with zero attached hydrogens (tertiary/aromatic N) is 4. The van der Waals surface area contributed by atoms with Crippen LogP contribution in [0.4, 0.5) is 5.95 Å². The third-order valence-electron chi connectivity index (χ3n) is 5.10. The summed E-state index contributed by atoms with van der Waals surface area (Å²) in [6, 6.07) is 4.16. The Hall–Kier alpha value is -3.13. The van der Waals surface area contributed by atoms with Crippen LogP contribution in [0.3, 0.4) is 0 Å². The largest absolute Gasteiger partial charge is 0.480 e. The maximum Gasteiger partial charge on any atom is 0.228 e. The summed E-state index contributed by atoms with van der Waals surface area (Å²) in [7, 11) is 1.61. The van der Waals surface area contributed by atoms with Gasteiger partial charge in [0.25, 0.3) is 0 Å². The second-order valence-corrected chi connectivity index (χ2v) is 7.34. The third-order valence-corrected chi connectivity index (χ3v) is 5.10. The molecule has 4 aromatic rings. The molecule has 1 aliphatic carbocycles. The summed E-state index contributed by atoms with van der Waals surface area (Å²) >= 11 is 0. The highest BCUT2D eigenvalue weighted by Gasteiger charge is 2.38. The van der Waals surface area contributed by atoms with Crippen molar-refractivity contribution in [2.75, 3.05) is 12.4 Å². The number of H-pyrrole nitrogens is 1. The maximum atomic E-state index is 9.91.